The van der Waals surface area contributed by atoms with Gasteiger partial charge in [0, 0.05) is 19.5 Å². The summed E-state index contributed by atoms with van der Waals surface area (Å²) < 4.78 is 5.20. The van der Waals surface area contributed by atoms with Gasteiger partial charge in [-0.2, -0.15) is 0 Å². The first-order valence-electron chi connectivity index (χ1n) is 8.95. The van der Waals surface area contributed by atoms with Gasteiger partial charge in [0.15, 0.2) is 0 Å². The van der Waals surface area contributed by atoms with Crippen LogP contribution in [0.3, 0.4) is 0 Å². The number of likely N-dealkylation sites (tertiary alicyclic amines) is 1. The van der Waals surface area contributed by atoms with Gasteiger partial charge in [-0.15, -0.1) is 0 Å². The first-order chi connectivity index (χ1) is 12.0. The van der Waals surface area contributed by atoms with Crippen molar-refractivity contribution in [3.63, 3.8) is 0 Å². The molecular weight excluding hydrogens is 318 g/mol. The number of rotatable bonds is 5. The van der Waals surface area contributed by atoms with Crippen LogP contribution in [0.5, 0.6) is 5.75 Å². The maximum Gasteiger partial charge on any atom is 0.226 e. The van der Waals surface area contributed by atoms with E-state index in [0.717, 1.165) is 30.6 Å². The number of ether oxygens (including phenoxy) is 1. The highest BCUT2D eigenvalue weighted by atomic mass is 16.5. The highest BCUT2D eigenvalue weighted by Crippen LogP contribution is 2.38. The Bertz CT molecular complexity index is 631. The number of nitrogens with zero attached hydrogens (tertiary/aromatic N) is 1. The van der Waals surface area contributed by atoms with Crippen molar-refractivity contribution >= 4 is 11.8 Å². The molecule has 1 aliphatic carbocycles. The van der Waals surface area contributed by atoms with Gasteiger partial charge in [0.25, 0.3) is 0 Å². The highest BCUT2D eigenvalue weighted by molar-refractivity contribution is 5.90. The predicted molar refractivity (Wildman–Crippen MR) is 94.9 cm³/mol. The Hall–Kier alpha value is -2.08. The SMILES string of the molecule is COc1ccc([C@@H]2[C@H](C(=O)N[C@H]3CCC[C@H]3CN)CC(=O)N2C)cc1. The third kappa shape index (κ3) is 3.49. The normalized spacial score (nSPS) is 29.1. The molecule has 2 fully saturated rings. The first kappa shape index (κ1) is 17.7. The Labute approximate surface area is 148 Å². The summed E-state index contributed by atoms with van der Waals surface area (Å²) in [7, 11) is 3.38. The summed E-state index contributed by atoms with van der Waals surface area (Å²) >= 11 is 0. The van der Waals surface area contributed by atoms with Crippen LogP contribution in [0.1, 0.15) is 37.3 Å². The smallest absolute Gasteiger partial charge is 0.226 e. The third-order valence-electron chi connectivity index (χ3n) is 5.67. The number of amides is 2. The largest absolute Gasteiger partial charge is 0.497 e. The molecule has 0 radical (unpaired) electrons. The van der Waals surface area contributed by atoms with Gasteiger partial charge in [-0.3, -0.25) is 9.59 Å². The molecule has 1 saturated carbocycles. The summed E-state index contributed by atoms with van der Waals surface area (Å²) in [5.41, 5.74) is 6.77. The standard InChI is InChI=1S/C19H27N3O3/c1-22-17(23)10-15(18(22)12-6-8-14(25-2)9-7-12)19(24)21-16-5-3-4-13(16)11-20/h6-9,13,15-16,18H,3-5,10-11,20H2,1-2H3,(H,21,24)/t13-,15+,16-,18+/m0/s1. The molecule has 2 aliphatic rings. The maximum atomic E-state index is 12.9. The Morgan fingerprint density at radius 1 is 1.32 bits per heavy atom. The molecule has 3 N–H and O–H groups in total. The van der Waals surface area contributed by atoms with Crippen molar-refractivity contribution in [2.45, 2.75) is 37.8 Å². The van der Waals surface area contributed by atoms with Gasteiger partial charge in [0.2, 0.25) is 11.8 Å². The second kappa shape index (κ2) is 7.44. The fourth-order valence-corrected chi connectivity index (χ4v) is 4.16. The van der Waals surface area contributed by atoms with Crippen molar-refractivity contribution in [1.82, 2.24) is 10.2 Å². The van der Waals surface area contributed by atoms with Crippen molar-refractivity contribution in [3.8, 4) is 5.75 Å². The van der Waals surface area contributed by atoms with Gasteiger partial charge in [-0.25, -0.2) is 0 Å². The molecule has 1 aromatic rings. The minimum Gasteiger partial charge on any atom is -0.497 e. The second-order valence-corrected chi connectivity index (χ2v) is 7.08. The molecule has 0 aromatic heterocycles. The Balaban J connectivity index is 1.77. The van der Waals surface area contributed by atoms with Crippen molar-refractivity contribution in [1.29, 1.82) is 0 Å². The van der Waals surface area contributed by atoms with Gasteiger partial charge >= 0.3 is 0 Å². The van der Waals surface area contributed by atoms with Crippen molar-refractivity contribution in [2.24, 2.45) is 17.6 Å². The lowest BCUT2D eigenvalue weighted by molar-refractivity contribution is -0.128. The maximum absolute atomic E-state index is 12.9. The molecule has 0 unspecified atom stereocenters. The number of carbonyl (C=O) groups excluding carboxylic acids is 2. The van der Waals surface area contributed by atoms with E-state index in [0.29, 0.717) is 12.5 Å². The number of nitrogens with two attached hydrogens (primary N) is 1. The molecule has 0 bridgehead atoms. The minimum absolute atomic E-state index is 0.00256. The number of hydrogen-bond donors (Lipinski definition) is 2. The summed E-state index contributed by atoms with van der Waals surface area (Å²) in [6.45, 7) is 0.594. The molecule has 1 saturated heterocycles. The van der Waals surface area contributed by atoms with E-state index < -0.39 is 0 Å². The van der Waals surface area contributed by atoms with E-state index in [1.54, 1.807) is 19.1 Å². The molecule has 25 heavy (non-hydrogen) atoms. The van der Waals surface area contributed by atoms with Crippen LogP contribution in [-0.4, -0.2) is 43.5 Å². The van der Waals surface area contributed by atoms with Gasteiger partial charge in [-0.1, -0.05) is 18.6 Å². The molecular formula is C19H27N3O3. The van der Waals surface area contributed by atoms with E-state index in [1.807, 2.05) is 24.3 Å². The average Bonchev–Trinajstić information content (AvgIpc) is 3.19. The number of methoxy groups -OCH3 is 1. The fraction of sp³-hybridized carbons (Fsp3) is 0.579. The summed E-state index contributed by atoms with van der Waals surface area (Å²) in [4.78, 5) is 26.8. The molecule has 1 aromatic carbocycles. The summed E-state index contributed by atoms with van der Waals surface area (Å²) in [5, 5.41) is 3.16. The van der Waals surface area contributed by atoms with Crippen LogP contribution < -0.4 is 15.8 Å². The Morgan fingerprint density at radius 2 is 2.04 bits per heavy atom. The topological polar surface area (TPSA) is 84.7 Å². The van der Waals surface area contributed by atoms with Crippen LogP contribution in [-0.2, 0) is 9.59 Å². The van der Waals surface area contributed by atoms with Crippen LogP contribution >= 0.6 is 0 Å². The van der Waals surface area contributed by atoms with E-state index in [1.165, 1.54) is 0 Å². The summed E-state index contributed by atoms with van der Waals surface area (Å²) in [6, 6.07) is 7.48. The van der Waals surface area contributed by atoms with Gasteiger partial charge in [-0.05, 0) is 43.0 Å². The zero-order valence-electron chi connectivity index (χ0n) is 14.9. The Kier molecular flexibility index (Phi) is 5.27. The fourth-order valence-electron chi connectivity index (χ4n) is 4.16. The van der Waals surface area contributed by atoms with E-state index in [2.05, 4.69) is 5.32 Å². The van der Waals surface area contributed by atoms with E-state index in [4.69, 9.17) is 10.5 Å². The van der Waals surface area contributed by atoms with Crippen molar-refractivity contribution in [2.75, 3.05) is 20.7 Å². The second-order valence-electron chi connectivity index (χ2n) is 7.08. The van der Waals surface area contributed by atoms with Crippen LogP contribution in [0.25, 0.3) is 0 Å². The lowest BCUT2D eigenvalue weighted by Gasteiger charge is -2.27. The summed E-state index contributed by atoms with van der Waals surface area (Å²) in [5.74, 6) is 0.697. The van der Waals surface area contributed by atoms with Gasteiger partial charge in [0.05, 0.1) is 19.1 Å². The van der Waals surface area contributed by atoms with Crippen LogP contribution in [0.15, 0.2) is 24.3 Å². The minimum atomic E-state index is -0.370. The van der Waals surface area contributed by atoms with Crippen molar-refractivity contribution in [3.05, 3.63) is 29.8 Å². The molecule has 0 spiro atoms. The first-order valence-corrected chi connectivity index (χ1v) is 8.95. The van der Waals surface area contributed by atoms with Crippen LogP contribution in [0.4, 0.5) is 0 Å². The predicted octanol–water partition coefficient (Wildman–Crippen LogP) is 1.46. The number of nitrogens with one attached hydrogen (secondary N) is 1. The molecule has 4 atom stereocenters. The Morgan fingerprint density at radius 3 is 2.68 bits per heavy atom. The number of carbonyl (C=O) groups is 2. The molecule has 136 valence electrons. The lowest BCUT2D eigenvalue weighted by Crippen LogP contribution is -2.43. The zero-order valence-corrected chi connectivity index (χ0v) is 14.9. The summed E-state index contributed by atoms with van der Waals surface area (Å²) in [6.07, 6.45) is 3.38. The van der Waals surface area contributed by atoms with Crippen LogP contribution in [0.2, 0.25) is 0 Å². The van der Waals surface area contributed by atoms with E-state index >= 15 is 0 Å². The van der Waals surface area contributed by atoms with E-state index in [-0.39, 0.29) is 36.2 Å². The monoisotopic (exact) mass is 345 g/mol. The molecule has 6 nitrogen and oxygen atoms in total. The zero-order chi connectivity index (χ0) is 18.0. The van der Waals surface area contributed by atoms with Gasteiger partial charge in [0.1, 0.15) is 5.75 Å². The molecule has 6 heteroatoms. The molecule has 1 aliphatic heterocycles. The van der Waals surface area contributed by atoms with Gasteiger partial charge < -0.3 is 20.7 Å². The number of benzene rings is 1. The van der Waals surface area contributed by atoms with Crippen molar-refractivity contribution < 1.29 is 14.3 Å². The average molecular weight is 345 g/mol. The third-order valence-corrected chi connectivity index (χ3v) is 5.67. The van der Waals surface area contributed by atoms with Crippen LogP contribution in [0, 0.1) is 11.8 Å². The van der Waals surface area contributed by atoms with E-state index in [9.17, 15) is 9.59 Å². The highest BCUT2D eigenvalue weighted by Gasteiger charge is 2.43. The number of hydrogen-bond acceptors (Lipinski definition) is 4. The quantitative estimate of drug-likeness (QED) is 0.846. The molecule has 2 amide bonds. The molecule has 1 heterocycles. The molecule has 3 rings (SSSR count). The lowest BCUT2D eigenvalue weighted by atomic mass is 9.92.